The quantitative estimate of drug-likeness (QED) is 0.824. The van der Waals surface area contributed by atoms with Crippen molar-refractivity contribution >= 4 is 28.6 Å². The van der Waals surface area contributed by atoms with Crippen molar-refractivity contribution in [1.82, 2.24) is 4.57 Å². The molecule has 0 atom stereocenters. The number of pyridine rings is 1. The summed E-state index contributed by atoms with van der Waals surface area (Å²) in [5.74, 6) is -1.69. The van der Waals surface area contributed by atoms with Crippen molar-refractivity contribution < 1.29 is 14.3 Å². The van der Waals surface area contributed by atoms with Crippen LogP contribution in [0.1, 0.15) is 15.9 Å². The zero-order chi connectivity index (χ0) is 14.2. The van der Waals surface area contributed by atoms with E-state index in [0.29, 0.717) is 14.8 Å². The summed E-state index contributed by atoms with van der Waals surface area (Å²) in [4.78, 5) is 23.3. The molecule has 0 aliphatic rings. The molecule has 0 unspecified atom stereocenters. The fourth-order valence-corrected chi connectivity index (χ4v) is 2.26. The third kappa shape index (κ3) is 2.53. The molecule has 4 nitrogen and oxygen atoms in total. The molecule has 1 N–H and O–H groups in total. The van der Waals surface area contributed by atoms with E-state index in [-0.39, 0.29) is 5.56 Å². The molecule has 0 amide bonds. The first-order valence-corrected chi connectivity index (χ1v) is 6.40. The Morgan fingerprint density at radius 2 is 1.89 bits per heavy atom. The monoisotopic (exact) mass is 373 g/mol. The minimum absolute atomic E-state index is 0.267. The number of carbonyl (C=O) groups is 1. The predicted molar refractivity (Wildman–Crippen MR) is 76.4 cm³/mol. The maximum absolute atomic E-state index is 12.9. The fraction of sp³-hybridized carbons (Fsp3) is 0.0769. The molecule has 0 bridgehead atoms. The Morgan fingerprint density at radius 3 is 2.42 bits per heavy atom. The maximum atomic E-state index is 12.9. The number of nitrogens with zero attached hydrogens (tertiary/aromatic N) is 1. The van der Waals surface area contributed by atoms with Crippen LogP contribution in [0, 0.1) is 16.3 Å². The van der Waals surface area contributed by atoms with Gasteiger partial charge >= 0.3 is 5.97 Å². The lowest BCUT2D eigenvalue weighted by atomic mass is 10.1. The molecular weight excluding hydrogens is 364 g/mol. The highest BCUT2D eigenvalue weighted by molar-refractivity contribution is 14.1. The largest absolute Gasteiger partial charge is 0.477 e. The second-order valence-corrected chi connectivity index (χ2v) is 5.10. The van der Waals surface area contributed by atoms with Gasteiger partial charge in [0.15, 0.2) is 0 Å². The fourth-order valence-electron chi connectivity index (χ4n) is 1.71. The molecule has 2 rings (SSSR count). The molecular formula is C13H9FINO3. The molecule has 1 aromatic heterocycles. The molecule has 0 fully saturated rings. The van der Waals surface area contributed by atoms with Crippen LogP contribution in [-0.4, -0.2) is 15.6 Å². The van der Waals surface area contributed by atoms with Gasteiger partial charge in [0, 0.05) is 15.5 Å². The normalized spacial score (nSPS) is 10.5. The number of rotatable bonds is 2. The van der Waals surface area contributed by atoms with Gasteiger partial charge in [-0.3, -0.25) is 9.36 Å². The summed E-state index contributed by atoms with van der Waals surface area (Å²) in [5, 5.41) is 9.11. The Hall–Kier alpha value is -1.70. The van der Waals surface area contributed by atoms with Crippen LogP contribution >= 0.6 is 22.6 Å². The molecule has 98 valence electrons. The zero-order valence-corrected chi connectivity index (χ0v) is 12.0. The molecule has 0 aliphatic carbocycles. The van der Waals surface area contributed by atoms with Gasteiger partial charge in [0.25, 0.3) is 5.56 Å². The Labute approximate surface area is 121 Å². The average Bonchev–Trinajstić information content (AvgIpc) is 2.35. The number of aromatic nitrogens is 1. The molecule has 1 heterocycles. The van der Waals surface area contributed by atoms with Crippen LogP contribution in [0.2, 0.25) is 0 Å². The van der Waals surface area contributed by atoms with Crippen molar-refractivity contribution in [3.05, 3.63) is 61.3 Å². The van der Waals surface area contributed by atoms with E-state index in [2.05, 4.69) is 0 Å². The smallest absolute Gasteiger partial charge is 0.341 e. The summed E-state index contributed by atoms with van der Waals surface area (Å²) in [7, 11) is 0. The van der Waals surface area contributed by atoms with Gasteiger partial charge in [0.1, 0.15) is 11.4 Å². The Kier molecular flexibility index (Phi) is 3.70. The van der Waals surface area contributed by atoms with Gasteiger partial charge in [-0.25, -0.2) is 9.18 Å². The van der Waals surface area contributed by atoms with E-state index in [1.54, 1.807) is 6.92 Å². The molecule has 1 aromatic carbocycles. The van der Waals surface area contributed by atoms with Crippen LogP contribution in [0.4, 0.5) is 4.39 Å². The topological polar surface area (TPSA) is 59.3 Å². The first-order chi connectivity index (χ1) is 8.91. The van der Waals surface area contributed by atoms with Gasteiger partial charge < -0.3 is 5.11 Å². The summed E-state index contributed by atoms with van der Waals surface area (Å²) in [6, 6.07) is 5.28. The summed E-state index contributed by atoms with van der Waals surface area (Å²) in [6.45, 7) is 1.58. The number of carboxylic acid groups (broad SMARTS) is 1. The van der Waals surface area contributed by atoms with Crippen molar-refractivity contribution in [3.63, 3.8) is 0 Å². The van der Waals surface area contributed by atoms with Gasteiger partial charge in [0.2, 0.25) is 0 Å². The number of hydrogen-bond acceptors (Lipinski definition) is 2. The first kappa shape index (κ1) is 13.7. The molecule has 0 saturated heterocycles. The number of benzene rings is 1. The zero-order valence-electron chi connectivity index (χ0n) is 9.85. The minimum Gasteiger partial charge on any atom is -0.477 e. The summed E-state index contributed by atoms with van der Waals surface area (Å²) in [5.41, 5.74) is -0.0449. The van der Waals surface area contributed by atoms with Crippen LogP contribution in [0.5, 0.6) is 0 Å². The van der Waals surface area contributed by atoms with Crippen molar-refractivity contribution in [3.8, 4) is 5.69 Å². The molecule has 0 aliphatic heterocycles. The van der Waals surface area contributed by atoms with Gasteiger partial charge in [-0.15, -0.1) is 0 Å². The predicted octanol–water partition coefficient (Wildman–Crippen LogP) is 2.59. The van der Waals surface area contributed by atoms with Gasteiger partial charge in [-0.1, -0.05) is 0 Å². The maximum Gasteiger partial charge on any atom is 0.341 e. The van der Waals surface area contributed by atoms with E-state index in [1.165, 1.54) is 35.0 Å². The molecule has 0 saturated carbocycles. The van der Waals surface area contributed by atoms with E-state index < -0.39 is 17.3 Å². The van der Waals surface area contributed by atoms with E-state index in [9.17, 15) is 14.0 Å². The number of hydrogen-bond donors (Lipinski definition) is 1. The van der Waals surface area contributed by atoms with Crippen LogP contribution in [-0.2, 0) is 0 Å². The number of halogens is 2. The third-order valence-electron chi connectivity index (χ3n) is 2.73. The van der Waals surface area contributed by atoms with E-state index in [1.807, 2.05) is 22.6 Å². The number of aromatic carboxylic acids is 1. The van der Waals surface area contributed by atoms with E-state index >= 15 is 0 Å². The number of carboxylic acids is 1. The second-order valence-electron chi connectivity index (χ2n) is 3.93. The van der Waals surface area contributed by atoms with Gasteiger partial charge in [0.05, 0.1) is 0 Å². The van der Waals surface area contributed by atoms with Gasteiger partial charge in [-0.2, -0.15) is 0 Å². The van der Waals surface area contributed by atoms with Crippen LogP contribution in [0.3, 0.4) is 0 Å². The first-order valence-electron chi connectivity index (χ1n) is 5.33. The van der Waals surface area contributed by atoms with Crippen LogP contribution in [0.25, 0.3) is 5.69 Å². The second kappa shape index (κ2) is 5.12. The van der Waals surface area contributed by atoms with Crippen molar-refractivity contribution in [1.29, 1.82) is 0 Å². The van der Waals surface area contributed by atoms with Crippen molar-refractivity contribution in [2.24, 2.45) is 0 Å². The lowest BCUT2D eigenvalue weighted by molar-refractivity contribution is 0.0693. The highest BCUT2D eigenvalue weighted by Crippen LogP contribution is 2.16. The molecule has 0 spiro atoms. The SMILES string of the molecule is Cc1c(I)cn(-c2ccc(F)cc2)c(=O)c1C(=O)O. The standard InChI is InChI=1S/C13H9FINO3/c1-7-10(15)6-16(12(17)11(7)13(18)19)9-4-2-8(14)3-5-9/h2-6H,1H3,(H,18,19). The third-order valence-corrected chi connectivity index (χ3v) is 3.81. The molecule has 2 aromatic rings. The van der Waals surface area contributed by atoms with Crippen LogP contribution in [0.15, 0.2) is 35.3 Å². The summed E-state index contributed by atoms with van der Waals surface area (Å²) in [6.07, 6.45) is 1.54. The summed E-state index contributed by atoms with van der Waals surface area (Å²) >= 11 is 1.96. The average molecular weight is 373 g/mol. The Bertz CT molecular complexity index is 707. The van der Waals surface area contributed by atoms with Gasteiger partial charge in [-0.05, 0) is 59.3 Å². The lowest BCUT2D eigenvalue weighted by Gasteiger charge is -2.10. The minimum atomic E-state index is -1.27. The van der Waals surface area contributed by atoms with Crippen LogP contribution < -0.4 is 5.56 Å². The van der Waals surface area contributed by atoms with E-state index in [0.717, 1.165) is 0 Å². The molecule has 19 heavy (non-hydrogen) atoms. The molecule has 6 heteroatoms. The lowest BCUT2D eigenvalue weighted by Crippen LogP contribution is -2.27. The summed E-state index contributed by atoms with van der Waals surface area (Å²) < 4.78 is 14.7. The highest BCUT2D eigenvalue weighted by Gasteiger charge is 2.18. The Balaban J connectivity index is 2.75. The van der Waals surface area contributed by atoms with Crippen molar-refractivity contribution in [2.45, 2.75) is 6.92 Å². The van der Waals surface area contributed by atoms with E-state index in [4.69, 9.17) is 5.11 Å². The highest BCUT2D eigenvalue weighted by atomic mass is 127. The van der Waals surface area contributed by atoms with Crippen molar-refractivity contribution in [2.75, 3.05) is 0 Å². The Morgan fingerprint density at radius 1 is 1.32 bits per heavy atom. The molecule has 0 radical (unpaired) electrons.